The molecule has 0 saturated carbocycles. The topological polar surface area (TPSA) is 118 Å². The van der Waals surface area contributed by atoms with Gasteiger partial charge in [-0.15, -0.1) is 0 Å². The summed E-state index contributed by atoms with van der Waals surface area (Å²) < 4.78 is 15.7. The van der Waals surface area contributed by atoms with Crippen LogP contribution in [0.1, 0.15) is 38.1 Å². The highest BCUT2D eigenvalue weighted by Gasteiger charge is 2.27. The number of nitrogen functional groups attached to an aromatic ring is 1. The summed E-state index contributed by atoms with van der Waals surface area (Å²) >= 11 is 0. The lowest BCUT2D eigenvalue weighted by molar-refractivity contribution is -0.00177. The van der Waals surface area contributed by atoms with Crippen LogP contribution >= 0.6 is 0 Å². The molecular weight excluding hydrogens is 387 g/mol. The van der Waals surface area contributed by atoms with Crippen LogP contribution < -0.4 is 16.4 Å². The Morgan fingerprint density at radius 3 is 2.63 bits per heavy atom. The maximum absolute atomic E-state index is 14.1. The first-order valence-corrected chi connectivity index (χ1v) is 9.70. The van der Waals surface area contributed by atoms with Crippen molar-refractivity contribution in [2.45, 2.75) is 45.5 Å². The molecule has 0 spiro atoms. The van der Waals surface area contributed by atoms with Crippen LogP contribution in [-0.4, -0.2) is 50.0 Å². The van der Waals surface area contributed by atoms with E-state index in [9.17, 15) is 14.3 Å². The molecule has 3 rings (SSSR count). The van der Waals surface area contributed by atoms with Gasteiger partial charge in [0.1, 0.15) is 12.0 Å². The van der Waals surface area contributed by atoms with Crippen molar-refractivity contribution in [3.05, 3.63) is 42.4 Å². The smallest absolute Gasteiger partial charge is 0.255 e. The first-order valence-electron chi connectivity index (χ1n) is 9.70. The third-order valence-corrected chi connectivity index (χ3v) is 4.64. The van der Waals surface area contributed by atoms with Gasteiger partial charge in [-0.1, -0.05) is 0 Å². The number of alkyl halides is 1. The van der Waals surface area contributed by atoms with Crippen LogP contribution in [0, 0.1) is 0 Å². The number of aromatic nitrogens is 3. The van der Waals surface area contributed by atoms with E-state index in [0.29, 0.717) is 22.6 Å². The maximum atomic E-state index is 14.1. The Kier molecular flexibility index (Phi) is 5.93. The van der Waals surface area contributed by atoms with E-state index in [-0.39, 0.29) is 12.6 Å². The fraction of sp³-hybridized carbons (Fsp3) is 0.381. The van der Waals surface area contributed by atoms with Gasteiger partial charge in [-0.25, -0.2) is 13.9 Å². The van der Waals surface area contributed by atoms with E-state index in [1.54, 1.807) is 16.8 Å². The molecule has 0 aliphatic carbocycles. The lowest BCUT2D eigenvalue weighted by Crippen LogP contribution is -2.42. The van der Waals surface area contributed by atoms with Crippen molar-refractivity contribution in [3.8, 4) is 11.1 Å². The van der Waals surface area contributed by atoms with Gasteiger partial charge in [0, 0.05) is 29.6 Å². The van der Waals surface area contributed by atoms with Gasteiger partial charge in [0.25, 0.3) is 5.91 Å². The Bertz CT molecular complexity index is 1040. The summed E-state index contributed by atoms with van der Waals surface area (Å²) in [5, 5.41) is 19.9. The first-order chi connectivity index (χ1) is 14.1. The second-order valence-electron chi connectivity index (χ2n) is 8.09. The van der Waals surface area contributed by atoms with E-state index in [1.807, 2.05) is 32.2 Å². The molecule has 0 aliphatic heterocycles. The fourth-order valence-corrected chi connectivity index (χ4v) is 2.93. The highest BCUT2D eigenvalue weighted by atomic mass is 19.1. The summed E-state index contributed by atoms with van der Waals surface area (Å²) in [4.78, 5) is 16.9. The van der Waals surface area contributed by atoms with Gasteiger partial charge < -0.3 is 21.5 Å². The van der Waals surface area contributed by atoms with Crippen LogP contribution in [0.3, 0.4) is 0 Å². The Balaban J connectivity index is 1.98. The molecule has 3 heterocycles. The molecule has 30 heavy (non-hydrogen) atoms. The molecule has 0 saturated heterocycles. The van der Waals surface area contributed by atoms with Gasteiger partial charge in [-0.3, -0.25) is 4.79 Å². The number of halogens is 1. The number of carbonyl (C=O) groups excluding carboxylic acids is 1. The molecule has 0 aromatic carbocycles. The number of nitrogens with two attached hydrogens (primary N) is 1. The largest absolute Gasteiger partial charge is 0.387 e. The fourth-order valence-electron chi connectivity index (χ4n) is 2.93. The number of aliphatic hydroxyl groups is 1. The van der Waals surface area contributed by atoms with Gasteiger partial charge >= 0.3 is 0 Å². The molecule has 1 atom stereocenters. The summed E-state index contributed by atoms with van der Waals surface area (Å²) in [6, 6.07) is 5.52. The number of pyridine rings is 1. The van der Waals surface area contributed by atoms with E-state index in [1.165, 1.54) is 20.0 Å². The predicted molar refractivity (Wildman–Crippen MR) is 115 cm³/mol. The Morgan fingerprint density at radius 2 is 2.03 bits per heavy atom. The summed E-state index contributed by atoms with van der Waals surface area (Å²) in [7, 11) is 0. The monoisotopic (exact) mass is 414 g/mol. The SMILES string of the molecule is CC(C)Nc1c(C(=O)NC[C@@H](F)C(C)(C)O)cnn2cc(-c3ccc(N)nc3)cc12. The van der Waals surface area contributed by atoms with Crippen LogP contribution in [0.15, 0.2) is 36.8 Å². The van der Waals surface area contributed by atoms with Crippen molar-refractivity contribution < 1.29 is 14.3 Å². The number of nitrogens with one attached hydrogen (secondary N) is 2. The molecule has 5 N–H and O–H groups in total. The number of fused-ring (bicyclic) bond motifs is 1. The predicted octanol–water partition coefficient (Wildman–Crippen LogP) is 2.64. The number of hydrogen-bond acceptors (Lipinski definition) is 6. The second kappa shape index (κ2) is 8.27. The van der Waals surface area contributed by atoms with E-state index in [4.69, 9.17) is 5.73 Å². The molecule has 3 aromatic heterocycles. The van der Waals surface area contributed by atoms with E-state index < -0.39 is 17.7 Å². The quantitative estimate of drug-likeness (QED) is 0.472. The average Bonchev–Trinajstić information content (AvgIpc) is 3.10. The number of carbonyl (C=O) groups is 1. The molecule has 0 aliphatic rings. The Hall–Kier alpha value is -3.20. The molecule has 0 bridgehead atoms. The molecule has 8 nitrogen and oxygen atoms in total. The third-order valence-electron chi connectivity index (χ3n) is 4.64. The van der Waals surface area contributed by atoms with Crippen LogP contribution in [0.5, 0.6) is 0 Å². The lowest BCUT2D eigenvalue weighted by Gasteiger charge is -2.23. The normalized spacial score (nSPS) is 12.9. The standard InChI is InChI=1S/C21H27FN6O2/c1-12(2)27-19-15(20(29)25-10-17(22)21(3,4)30)9-26-28-11-14(7-16(19)28)13-5-6-18(23)24-8-13/h5-9,11-12,17,27,30H,10H2,1-4H3,(H2,23,24)(H,25,29)/t17-/m1/s1. The van der Waals surface area contributed by atoms with E-state index >= 15 is 0 Å². The van der Waals surface area contributed by atoms with Crippen molar-refractivity contribution >= 4 is 22.9 Å². The third kappa shape index (κ3) is 4.68. The number of anilines is 2. The number of nitrogens with zero attached hydrogens (tertiary/aromatic N) is 3. The first kappa shape index (κ1) is 21.5. The summed E-state index contributed by atoms with van der Waals surface area (Å²) in [6.45, 7) is 6.32. The van der Waals surface area contributed by atoms with Crippen molar-refractivity contribution in [2.75, 3.05) is 17.6 Å². The van der Waals surface area contributed by atoms with Gasteiger partial charge in [-0.05, 0) is 45.9 Å². The van der Waals surface area contributed by atoms with Crippen molar-refractivity contribution in [1.82, 2.24) is 19.9 Å². The van der Waals surface area contributed by atoms with Crippen LogP contribution in [0.2, 0.25) is 0 Å². The molecule has 1 amide bonds. The minimum absolute atomic E-state index is 0.0459. The van der Waals surface area contributed by atoms with E-state index in [0.717, 1.165) is 11.1 Å². The summed E-state index contributed by atoms with van der Waals surface area (Å²) in [5.41, 5.74) is 7.42. The zero-order chi connectivity index (χ0) is 22.1. The minimum Gasteiger partial charge on any atom is -0.387 e. The molecule has 9 heteroatoms. The lowest BCUT2D eigenvalue weighted by atomic mass is 10.0. The molecule has 0 unspecified atom stereocenters. The number of rotatable bonds is 7. The van der Waals surface area contributed by atoms with Gasteiger partial charge in [-0.2, -0.15) is 5.10 Å². The van der Waals surface area contributed by atoms with Gasteiger partial charge in [0.05, 0.1) is 35.1 Å². The second-order valence-corrected chi connectivity index (χ2v) is 8.09. The molecular formula is C21H27FN6O2. The minimum atomic E-state index is -1.60. The van der Waals surface area contributed by atoms with Crippen LogP contribution in [0.25, 0.3) is 16.6 Å². The van der Waals surface area contributed by atoms with Gasteiger partial charge in [0.15, 0.2) is 0 Å². The molecule has 0 fully saturated rings. The van der Waals surface area contributed by atoms with E-state index in [2.05, 4.69) is 20.7 Å². The molecule has 0 radical (unpaired) electrons. The zero-order valence-corrected chi connectivity index (χ0v) is 17.5. The highest BCUT2D eigenvalue weighted by molar-refractivity contribution is 6.03. The van der Waals surface area contributed by atoms with Crippen molar-refractivity contribution in [2.24, 2.45) is 0 Å². The Labute approximate surface area is 174 Å². The number of hydrogen-bond donors (Lipinski definition) is 4. The molecule has 160 valence electrons. The van der Waals surface area contributed by atoms with Gasteiger partial charge in [0.2, 0.25) is 0 Å². The van der Waals surface area contributed by atoms with Crippen LogP contribution in [0.4, 0.5) is 15.9 Å². The summed E-state index contributed by atoms with van der Waals surface area (Å²) in [6.07, 6.45) is 3.35. The number of amides is 1. The van der Waals surface area contributed by atoms with Crippen LogP contribution in [-0.2, 0) is 0 Å². The van der Waals surface area contributed by atoms with Crippen molar-refractivity contribution in [3.63, 3.8) is 0 Å². The van der Waals surface area contributed by atoms with Crippen molar-refractivity contribution in [1.29, 1.82) is 0 Å². The maximum Gasteiger partial charge on any atom is 0.255 e. The summed E-state index contributed by atoms with van der Waals surface area (Å²) in [5.74, 6) is -0.0454. The Morgan fingerprint density at radius 1 is 1.30 bits per heavy atom. The zero-order valence-electron chi connectivity index (χ0n) is 17.5. The average molecular weight is 414 g/mol. The highest BCUT2D eigenvalue weighted by Crippen LogP contribution is 2.29. The molecule has 3 aromatic rings.